The van der Waals surface area contributed by atoms with Crippen LogP contribution in [0.5, 0.6) is 0 Å². The van der Waals surface area contributed by atoms with Crippen LogP contribution in [0.15, 0.2) is 54.6 Å². The molecule has 0 aliphatic rings. The molecular formula is C19H18N4O3S. The van der Waals surface area contributed by atoms with Crippen molar-refractivity contribution in [3.63, 3.8) is 0 Å². The Morgan fingerprint density at radius 3 is 2.44 bits per heavy atom. The van der Waals surface area contributed by atoms with E-state index in [-0.39, 0.29) is 11.6 Å². The van der Waals surface area contributed by atoms with Crippen LogP contribution in [-0.4, -0.2) is 26.9 Å². The number of hydrogen-bond donors (Lipinski definition) is 1. The molecule has 8 heteroatoms. The van der Waals surface area contributed by atoms with Gasteiger partial charge in [-0.2, -0.15) is 16.9 Å². The van der Waals surface area contributed by atoms with E-state index < -0.39 is 4.92 Å². The Labute approximate surface area is 160 Å². The normalized spacial score (nSPS) is 10.6. The lowest BCUT2D eigenvalue weighted by Gasteiger charge is -2.09. The van der Waals surface area contributed by atoms with E-state index in [1.54, 1.807) is 46.8 Å². The summed E-state index contributed by atoms with van der Waals surface area (Å²) in [5.74, 6) is 1.15. The van der Waals surface area contributed by atoms with Crippen LogP contribution in [0.1, 0.15) is 21.6 Å². The summed E-state index contributed by atoms with van der Waals surface area (Å²) in [5, 5.41) is 18.0. The van der Waals surface area contributed by atoms with Gasteiger partial charge in [0.15, 0.2) is 0 Å². The summed E-state index contributed by atoms with van der Waals surface area (Å²) in [6.07, 6.45) is 2.03. The molecule has 7 nitrogen and oxygen atoms in total. The zero-order valence-electron chi connectivity index (χ0n) is 14.9. The Morgan fingerprint density at radius 2 is 1.85 bits per heavy atom. The number of amides is 1. The summed E-state index contributed by atoms with van der Waals surface area (Å²) >= 11 is 1.72. The molecule has 1 amide bonds. The van der Waals surface area contributed by atoms with E-state index in [1.165, 1.54) is 12.1 Å². The first-order chi connectivity index (χ1) is 13.0. The Balaban J connectivity index is 1.83. The fraction of sp³-hybridized carbons (Fsp3) is 0.158. The van der Waals surface area contributed by atoms with Gasteiger partial charge in [0.1, 0.15) is 5.82 Å². The van der Waals surface area contributed by atoms with Gasteiger partial charge < -0.3 is 5.32 Å². The average Bonchev–Trinajstić information content (AvgIpc) is 3.02. The third kappa shape index (κ3) is 4.35. The lowest BCUT2D eigenvalue weighted by atomic mass is 10.1. The molecule has 0 bridgehead atoms. The molecule has 27 heavy (non-hydrogen) atoms. The predicted octanol–water partition coefficient (Wildman–Crippen LogP) is 4.20. The van der Waals surface area contributed by atoms with Gasteiger partial charge in [0.2, 0.25) is 0 Å². The third-order valence-corrected chi connectivity index (χ3v) is 4.53. The molecule has 138 valence electrons. The zero-order chi connectivity index (χ0) is 19.4. The fourth-order valence-corrected chi connectivity index (χ4v) is 3.13. The Hall–Kier alpha value is -3.13. The predicted molar refractivity (Wildman–Crippen MR) is 107 cm³/mol. The van der Waals surface area contributed by atoms with Crippen molar-refractivity contribution in [3.8, 4) is 5.69 Å². The Bertz CT molecular complexity index is 966. The van der Waals surface area contributed by atoms with Gasteiger partial charge in [0.25, 0.3) is 11.6 Å². The average molecular weight is 382 g/mol. The number of anilines is 1. The molecule has 0 saturated heterocycles. The molecule has 2 aromatic carbocycles. The minimum Gasteiger partial charge on any atom is -0.306 e. The number of nitrogens with zero attached hydrogens (tertiary/aromatic N) is 3. The first-order valence-corrected chi connectivity index (χ1v) is 9.58. The highest BCUT2D eigenvalue weighted by molar-refractivity contribution is 7.97. The van der Waals surface area contributed by atoms with Crippen molar-refractivity contribution in [3.05, 3.63) is 81.5 Å². The maximum atomic E-state index is 12.6. The molecule has 3 rings (SSSR count). The number of aromatic nitrogens is 2. The molecule has 0 radical (unpaired) electrons. The lowest BCUT2D eigenvalue weighted by Crippen LogP contribution is -2.15. The third-order valence-electron chi connectivity index (χ3n) is 3.91. The molecule has 0 aliphatic carbocycles. The highest BCUT2D eigenvalue weighted by Crippen LogP contribution is 2.21. The lowest BCUT2D eigenvalue weighted by molar-refractivity contribution is -0.384. The number of thioether (sulfide) groups is 1. The quantitative estimate of drug-likeness (QED) is 0.510. The van der Waals surface area contributed by atoms with Crippen LogP contribution in [0, 0.1) is 17.0 Å². The van der Waals surface area contributed by atoms with Crippen molar-refractivity contribution in [2.45, 2.75) is 12.7 Å². The van der Waals surface area contributed by atoms with Gasteiger partial charge in [-0.25, -0.2) is 4.68 Å². The highest BCUT2D eigenvalue weighted by atomic mass is 32.2. The molecule has 0 fully saturated rings. The second kappa shape index (κ2) is 8.05. The number of nitro groups is 1. The number of carbonyl (C=O) groups is 1. The van der Waals surface area contributed by atoms with Crippen molar-refractivity contribution in [1.82, 2.24) is 9.78 Å². The molecular weight excluding hydrogens is 364 g/mol. The summed E-state index contributed by atoms with van der Waals surface area (Å²) in [6, 6.07) is 15.2. The van der Waals surface area contributed by atoms with E-state index in [0.29, 0.717) is 17.1 Å². The van der Waals surface area contributed by atoms with Crippen LogP contribution in [0.25, 0.3) is 5.69 Å². The molecule has 1 N–H and O–H groups in total. The standard InChI is InChI=1S/C19H18N4O3S/c1-13-11-18(20-19(24)15-5-3-14(4-6-15)12-27-2)22(21-13)16-7-9-17(10-8-16)23(25)26/h3-11H,12H2,1-2H3,(H,20,24). The molecule has 0 atom stereocenters. The first kappa shape index (κ1) is 18.7. The van der Waals surface area contributed by atoms with Gasteiger partial charge in [0, 0.05) is 29.5 Å². The number of rotatable bonds is 6. The van der Waals surface area contributed by atoms with Crippen LogP contribution in [0.3, 0.4) is 0 Å². The van der Waals surface area contributed by atoms with E-state index >= 15 is 0 Å². The number of benzene rings is 2. The molecule has 1 heterocycles. The number of nitro benzene ring substituents is 1. The summed E-state index contributed by atoms with van der Waals surface area (Å²) in [4.78, 5) is 22.9. The Morgan fingerprint density at radius 1 is 1.19 bits per heavy atom. The van der Waals surface area contributed by atoms with Crippen LogP contribution in [0.2, 0.25) is 0 Å². The van der Waals surface area contributed by atoms with Crippen molar-refractivity contribution in [2.75, 3.05) is 11.6 Å². The van der Waals surface area contributed by atoms with E-state index in [0.717, 1.165) is 17.0 Å². The smallest absolute Gasteiger partial charge is 0.269 e. The minimum absolute atomic E-state index is 0.00135. The molecule has 0 spiro atoms. The zero-order valence-corrected chi connectivity index (χ0v) is 15.7. The molecule has 0 saturated carbocycles. The van der Waals surface area contributed by atoms with Gasteiger partial charge in [-0.3, -0.25) is 14.9 Å². The van der Waals surface area contributed by atoms with Crippen LogP contribution < -0.4 is 5.32 Å². The van der Waals surface area contributed by atoms with Crippen LogP contribution in [0.4, 0.5) is 11.5 Å². The number of carbonyl (C=O) groups excluding carboxylic acids is 1. The largest absolute Gasteiger partial charge is 0.306 e. The SMILES string of the molecule is CSCc1ccc(C(=O)Nc2cc(C)nn2-c2ccc([N+](=O)[O-])cc2)cc1. The number of non-ortho nitro benzene ring substituents is 1. The maximum Gasteiger partial charge on any atom is 0.269 e. The van der Waals surface area contributed by atoms with Gasteiger partial charge in [-0.15, -0.1) is 0 Å². The van der Waals surface area contributed by atoms with Gasteiger partial charge >= 0.3 is 0 Å². The molecule has 0 aliphatic heterocycles. The Kier molecular flexibility index (Phi) is 5.56. The number of nitrogens with one attached hydrogen (secondary N) is 1. The summed E-state index contributed by atoms with van der Waals surface area (Å²) < 4.78 is 1.55. The van der Waals surface area contributed by atoms with E-state index in [9.17, 15) is 14.9 Å². The van der Waals surface area contributed by atoms with Gasteiger partial charge in [0.05, 0.1) is 16.3 Å². The summed E-state index contributed by atoms with van der Waals surface area (Å²) in [6.45, 7) is 1.81. The topological polar surface area (TPSA) is 90.1 Å². The monoisotopic (exact) mass is 382 g/mol. The van der Waals surface area contributed by atoms with Crippen LogP contribution in [-0.2, 0) is 5.75 Å². The fourth-order valence-electron chi connectivity index (χ4n) is 2.61. The van der Waals surface area contributed by atoms with Gasteiger partial charge in [-0.1, -0.05) is 12.1 Å². The number of hydrogen-bond acceptors (Lipinski definition) is 5. The summed E-state index contributed by atoms with van der Waals surface area (Å²) in [5.41, 5.74) is 3.05. The van der Waals surface area contributed by atoms with Crippen molar-refractivity contribution in [1.29, 1.82) is 0 Å². The van der Waals surface area contributed by atoms with E-state index in [2.05, 4.69) is 10.4 Å². The van der Waals surface area contributed by atoms with Crippen molar-refractivity contribution >= 4 is 29.2 Å². The van der Waals surface area contributed by atoms with E-state index in [4.69, 9.17) is 0 Å². The second-order valence-electron chi connectivity index (χ2n) is 5.94. The molecule has 0 unspecified atom stereocenters. The van der Waals surface area contributed by atoms with Crippen molar-refractivity contribution in [2.24, 2.45) is 0 Å². The highest BCUT2D eigenvalue weighted by Gasteiger charge is 2.13. The van der Waals surface area contributed by atoms with Gasteiger partial charge in [-0.05, 0) is 43.0 Å². The molecule has 3 aromatic rings. The maximum absolute atomic E-state index is 12.6. The van der Waals surface area contributed by atoms with E-state index in [1.807, 2.05) is 25.3 Å². The first-order valence-electron chi connectivity index (χ1n) is 8.18. The molecule has 1 aromatic heterocycles. The number of aryl methyl sites for hydroxylation is 1. The van der Waals surface area contributed by atoms with Crippen molar-refractivity contribution < 1.29 is 9.72 Å². The minimum atomic E-state index is -0.457. The summed E-state index contributed by atoms with van der Waals surface area (Å²) in [7, 11) is 0. The second-order valence-corrected chi connectivity index (χ2v) is 6.81. The van der Waals surface area contributed by atoms with Crippen LogP contribution >= 0.6 is 11.8 Å².